The van der Waals surface area contributed by atoms with Crippen LogP contribution in [-0.2, 0) is 14.3 Å². The van der Waals surface area contributed by atoms with Gasteiger partial charge in [0.05, 0.1) is 18.3 Å². The molecule has 0 amide bonds. The molecule has 2 N–H and O–H groups in total. The lowest BCUT2D eigenvalue weighted by Crippen LogP contribution is -2.44. The number of carbonyl (C=O) groups is 1. The number of aldehydes is 1. The van der Waals surface area contributed by atoms with Crippen LogP contribution in [0.3, 0.4) is 0 Å². The number of ether oxygens (including phenoxy) is 2. The van der Waals surface area contributed by atoms with Gasteiger partial charge in [0, 0.05) is 25.9 Å². The minimum Gasteiger partial charge on any atom is -0.393 e. The molecule has 0 aromatic carbocycles. The first kappa shape index (κ1) is 19.3. The van der Waals surface area contributed by atoms with E-state index in [-0.39, 0.29) is 12.0 Å². The molecule has 1 aliphatic rings. The highest BCUT2D eigenvalue weighted by molar-refractivity contribution is 5.49. The number of methoxy groups -OCH3 is 1. The quantitative estimate of drug-likeness (QED) is 0.367. The summed E-state index contributed by atoms with van der Waals surface area (Å²) in [5.41, 5.74) is 0. The van der Waals surface area contributed by atoms with Gasteiger partial charge < -0.3 is 24.5 Å². The van der Waals surface area contributed by atoms with Crippen LogP contribution in [0, 0.1) is 5.92 Å². The number of unbranched alkanes of at least 4 members (excludes halogenated alkanes) is 2. The van der Waals surface area contributed by atoms with E-state index >= 15 is 0 Å². The van der Waals surface area contributed by atoms with Crippen LogP contribution in [0.4, 0.5) is 0 Å². The fraction of sp³-hybridized carbons (Fsp3) is 0.824. The Kier molecular flexibility index (Phi) is 9.55. The summed E-state index contributed by atoms with van der Waals surface area (Å²) < 4.78 is 11.0. The van der Waals surface area contributed by atoms with Crippen molar-refractivity contribution in [3.8, 4) is 0 Å². The Hall–Kier alpha value is -0.750. The molecule has 1 rings (SSSR count). The third-order valence-electron chi connectivity index (χ3n) is 4.17. The Balaban J connectivity index is 2.60. The number of carbonyl (C=O) groups excluding carboxylic acids is 1. The van der Waals surface area contributed by atoms with Gasteiger partial charge in [0.1, 0.15) is 6.29 Å². The number of hydrogen-bond donors (Lipinski definition) is 2. The number of rotatable bonds is 10. The molecule has 5 atom stereocenters. The van der Waals surface area contributed by atoms with E-state index < -0.39 is 18.5 Å². The zero-order chi connectivity index (χ0) is 16.4. The monoisotopic (exact) mass is 314 g/mol. The number of hydrogen-bond acceptors (Lipinski definition) is 5. The van der Waals surface area contributed by atoms with E-state index in [1.165, 1.54) is 0 Å². The van der Waals surface area contributed by atoms with Crippen LogP contribution in [-0.4, -0.2) is 48.2 Å². The lowest BCUT2D eigenvalue weighted by atomic mass is 9.86. The lowest BCUT2D eigenvalue weighted by molar-refractivity contribution is -0.214. The van der Waals surface area contributed by atoms with Crippen LogP contribution in [0.2, 0.25) is 0 Å². The third-order valence-corrected chi connectivity index (χ3v) is 4.17. The van der Waals surface area contributed by atoms with Gasteiger partial charge in [-0.3, -0.25) is 0 Å². The van der Waals surface area contributed by atoms with E-state index in [0.717, 1.165) is 32.0 Å². The zero-order valence-corrected chi connectivity index (χ0v) is 13.7. The highest BCUT2D eigenvalue weighted by atomic mass is 16.7. The second-order valence-electron chi connectivity index (χ2n) is 5.92. The topological polar surface area (TPSA) is 76.0 Å². The predicted octanol–water partition coefficient (Wildman–Crippen LogP) is 2.20. The second kappa shape index (κ2) is 10.9. The first-order valence-corrected chi connectivity index (χ1v) is 8.28. The van der Waals surface area contributed by atoms with Gasteiger partial charge in [0.25, 0.3) is 0 Å². The summed E-state index contributed by atoms with van der Waals surface area (Å²) in [5, 5.41) is 20.2. The first-order chi connectivity index (χ1) is 10.6. The van der Waals surface area contributed by atoms with Crippen LogP contribution < -0.4 is 0 Å². The molecule has 0 spiro atoms. The van der Waals surface area contributed by atoms with Gasteiger partial charge in [0.2, 0.25) is 0 Å². The van der Waals surface area contributed by atoms with E-state index in [1.54, 1.807) is 19.3 Å². The Labute approximate surface area is 133 Å². The maximum absolute atomic E-state index is 10.6. The molecule has 4 unspecified atom stereocenters. The second-order valence-corrected chi connectivity index (χ2v) is 5.92. The maximum Gasteiger partial charge on any atom is 0.160 e. The normalized spacial score (nSPS) is 30.5. The molecule has 0 aromatic heterocycles. The van der Waals surface area contributed by atoms with Crippen molar-refractivity contribution in [3.63, 3.8) is 0 Å². The smallest absolute Gasteiger partial charge is 0.160 e. The predicted molar refractivity (Wildman–Crippen MR) is 84.4 cm³/mol. The van der Waals surface area contributed by atoms with Crippen molar-refractivity contribution in [1.82, 2.24) is 0 Å². The summed E-state index contributed by atoms with van der Waals surface area (Å²) in [4.78, 5) is 10.6. The van der Waals surface area contributed by atoms with Gasteiger partial charge in [-0.1, -0.05) is 38.3 Å². The highest BCUT2D eigenvalue weighted by Gasteiger charge is 2.36. The van der Waals surface area contributed by atoms with E-state index in [2.05, 4.69) is 6.92 Å². The third kappa shape index (κ3) is 6.57. The Morgan fingerprint density at radius 3 is 2.82 bits per heavy atom. The average molecular weight is 314 g/mol. The largest absolute Gasteiger partial charge is 0.393 e. The minimum atomic E-state index is -0.564. The van der Waals surface area contributed by atoms with Gasteiger partial charge in [-0.15, -0.1) is 0 Å². The molecule has 5 nitrogen and oxygen atoms in total. The molecule has 1 heterocycles. The van der Waals surface area contributed by atoms with Gasteiger partial charge in [-0.05, 0) is 12.8 Å². The van der Waals surface area contributed by atoms with Crippen LogP contribution in [0.25, 0.3) is 0 Å². The van der Waals surface area contributed by atoms with E-state index in [1.807, 2.05) is 0 Å². The molecule has 22 heavy (non-hydrogen) atoms. The molecule has 1 aliphatic heterocycles. The molecule has 1 saturated heterocycles. The Morgan fingerprint density at radius 2 is 2.18 bits per heavy atom. The summed E-state index contributed by atoms with van der Waals surface area (Å²) in [6, 6.07) is 0. The zero-order valence-electron chi connectivity index (χ0n) is 13.7. The maximum atomic E-state index is 10.6. The van der Waals surface area contributed by atoms with Crippen molar-refractivity contribution in [3.05, 3.63) is 12.2 Å². The van der Waals surface area contributed by atoms with Crippen LogP contribution in [0.5, 0.6) is 0 Å². The SMILES string of the molecule is CCCCC[C@H](O)C=CC1OC(OC)CC(O)C1CCC=O. The van der Waals surface area contributed by atoms with Gasteiger partial charge in [0.15, 0.2) is 6.29 Å². The Morgan fingerprint density at radius 1 is 1.41 bits per heavy atom. The molecule has 128 valence electrons. The van der Waals surface area contributed by atoms with Crippen molar-refractivity contribution in [2.75, 3.05) is 7.11 Å². The van der Waals surface area contributed by atoms with Crippen LogP contribution in [0.1, 0.15) is 51.9 Å². The van der Waals surface area contributed by atoms with Crippen molar-refractivity contribution in [2.45, 2.75) is 76.5 Å². The summed E-state index contributed by atoms with van der Waals surface area (Å²) in [5.74, 6) is -0.143. The summed E-state index contributed by atoms with van der Waals surface area (Å²) >= 11 is 0. The average Bonchev–Trinajstić information content (AvgIpc) is 2.51. The molecule has 0 bridgehead atoms. The van der Waals surface area contributed by atoms with E-state index in [4.69, 9.17) is 9.47 Å². The lowest BCUT2D eigenvalue weighted by Gasteiger charge is -2.38. The van der Waals surface area contributed by atoms with Crippen molar-refractivity contribution >= 4 is 6.29 Å². The van der Waals surface area contributed by atoms with Gasteiger partial charge in [-0.2, -0.15) is 0 Å². The van der Waals surface area contributed by atoms with Crippen molar-refractivity contribution < 1.29 is 24.5 Å². The molecule has 0 aliphatic carbocycles. The standard InChI is InChI=1S/C17H30O5/c1-3-4-5-7-13(19)9-10-16-14(8-6-11-18)15(20)12-17(21-2)22-16/h9-11,13-17,19-20H,3-8,12H2,1-2H3/t13-,14?,15?,16?,17?/m0/s1. The van der Waals surface area contributed by atoms with Crippen LogP contribution in [0.15, 0.2) is 12.2 Å². The molecule has 0 radical (unpaired) electrons. The van der Waals surface area contributed by atoms with E-state index in [9.17, 15) is 15.0 Å². The number of aliphatic hydroxyl groups excluding tert-OH is 2. The van der Waals surface area contributed by atoms with E-state index in [0.29, 0.717) is 19.3 Å². The molecule has 1 fully saturated rings. The summed E-state index contributed by atoms with van der Waals surface area (Å²) in [7, 11) is 1.55. The molecule has 0 aromatic rings. The molecular weight excluding hydrogens is 284 g/mol. The van der Waals surface area contributed by atoms with Crippen molar-refractivity contribution in [1.29, 1.82) is 0 Å². The number of aliphatic hydroxyl groups is 2. The van der Waals surface area contributed by atoms with Crippen molar-refractivity contribution in [2.24, 2.45) is 5.92 Å². The molecule has 5 heteroatoms. The van der Waals surface area contributed by atoms with Crippen LogP contribution >= 0.6 is 0 Å². The first-order valence-electron chi connectivity index (χ1n) is 8.28. The fourth-order valence-corrected chi connectivity index (χ4v) is 2.82. The molecular formula is C17H30O5. The summed E-state index contributed by atoms with van der Waals surface area (Å²) in [6.45, 7) is 2.13. The highest BCUT2D eigenvalue weighted by Crippen LogP contribution is 2.30. The molecule has 0 saturated carbocycles. The summed E-state index contributed by atoms with van der Waals surface area (Å²) in [6.07, 6.45) is 7.87. The fourth-order valence-electron chi connectivity index (χ4n) is 2.82. The van der Waals surface area contributed by atoms with Gasteiger partial charge in [-0.25, -0.2) is 0 Å². The minimum absolute atomic E-state index is 0.143. The van der Waals surface area contributed by atoms with Gasteiger partial charge >= 0.3 is 0 Å². The Bertz CT molecular complexity index is 331.